The summed E-state index contributed by atoms with van der Waals surface area (Å²) in [6.45, 7) is 20.0. The molecule has 0 radical (unpaired) electrons. The van der Waals surface area contributed by atoms with E-state index >= 15 is 0 Å². The van der Waals surface area contributed by atoms with E-state index in [2.05, 4.69) is 67.2 Å². The molecular weight excluding hydrogens is 899 g/mol. The number of ether oxygens (including phenoxy) is 2. The maximum absolute atomic E-state index is 11.7. The van der Waals surface area contributed by atoms with E-state index in [1.807, 2.05) is 0 Å². The topological polar surface area (TPSA) is 184 Å². The first-order valence-corrected chi connectivity index (χ1v) is 27.4. The number of nitrogens with zero attached hydrogens (tertiary/aromatic N) is 8. The Labute approximate surface area is 410 Å². The molecule has 2 saturated heterocycles. The van der Waals surface area contributed by atoms with E-state index in [1.54, 1.807) is 35.3 Å². The average Bonchev–Trinajstić information content (AvgIpc) is 4.12. The number of hydrogen-bond donors (Lipinski definition) is 3. The molecule has 4 fully saturated rings. The summed E-state index contributed by atoms with van der Waals surface area (Å²) in [5, 5.41) is 22.3. The van der Waals surface area contributed by atoms with Crippen LogP contribution in [0.2, 0.25) is 0 Å². The van der Waals surface area contributed by atoms with Gasteiger partial charge in [0.15, 0.2) is 5.78 Å². The summed E-state index contributed by atoms with van der Waals surface area (Å²) in [4.78, 5) is 56.2. The number of piperazine rings is 2. The van der Waals surface area contributed by atoms with E-state index in [0.717, 1.165) is 90.2 Å². The summed E-state index contributed by atoms with van der Waals surface area (Å²) < 4.78 is 13.0. The predicted octanol–water partition coefficient (Wildman–Crippen LogP) is 6.45. The molecule has 4 aromatic rings. The van der Waals surface area contributed by atoms with Crippen molar-refractivity contribution in [3.63, 3.8) is 0 Å². The van der Waals surface area contributed by atoms with Crippen molar-refractivity contribution in [2.24, 2.45) is 5.73 Å². The van der Waals surface area contributed by atoms with Crippen molar-refractivity contribution < 1.29 is 29.3 Å². The minimum Gasteiger partial charge on any atom is -0.474 e. The van der Waals surface area contributed by atoms with Crippen molar-refractivity contribution in [1.29, 1.82) is 0 Å². The van der Waals surface area contributed by atoms with E-state index < -0.39 is 18.1 Å². The first-order valence-electron chi connectivity index (χ1n) is 25.8. The first kappa shape index (κ1) is 49.6. The fourth-order valence-electron chi connectivity index (χ4n) is 12.2. The highest BCUT2D eigenvalue weighted by atomic mass is 32.1. The van der Waals surface area contributed by atoms with Gasteiger partial charge in [-0.15, -0.1) is 22.7 Å². The summed E-state index contributed by atoms with van der Waals surface area (Å²) in [7, 11) is 0. The number of amides is 1. The zero-order valence-electron chi connectivity index (χ0n) is 41.0. The van der Waals surface area contributed by atoms with Gasteiger partial charge in [0, 0.05) is 86.3 Å². The molecule has 0 aromatic carbocycles. The van der Waals surface area contributed by atoms with E-state index in [0.29, 0.717) is 48.8 Å². The van der Waals surface area contributed by atoms with Gasteiger partial charge in [-0.2, -0.15) is 0 Å². The number of aliphatic hydroxyl groups excluding tert-OH is 2. The second-order valence-electron chi connectivity index (χ2n) is 21.0. The number of Topliss-reactive ketones (excluding diaryl/α,β-unsaturated/α-hetero) is 1. The molecule has 2 saturated carbocycles. The number of aliphatic hydroxyl groups is 2. The Kier molecular flexibility index (Phi) is 16.0. The summed E-state index contributed by atoms with van der Waals surface area (Å²) in [5.41, 5.74) is 7.69. The maximum Gasteiger partial charge on any atom is 0.246 e. The van der Waals surface area contributed by atoms with Crippen LogP contribution in [-0.2, 0) is 22.4 Å². The third-order valence-corrected chi connectivity index (χ3v) is 18.6. The van der Waals surface area contributed by atoms with Crippen LogP contribution in [0.5, 0.6) is 11.8 Å². The lowest BCUT2D eigenvalue weighted by Crippen LogP contribution is -2.53. The predicted molar refractivity (Wildman–Crippen MR) is 268 cm³/mol. The van der Waals surface area contributed by atoms with Gasteiger partial charge in [-0.1, -0.05) is 0 Å². The van der Waals surface area contributed by atoms with Crippen LogP contribution in [0, 0.1) is 0 Å². The van der Waals surface area contributed by atoms with Crippen LogP contribution in [0.4, 0.5) is 0 Å². The quantitative estimate of drug-likeness (QED) is 0.125. The van der Waals surface area contributed by atoms with Gasteiger partial charge in [0.2, 0.25) is 17.7 Å². The summed E-state index contributed by atoms with van der Waals surface area (Å²) >= 11 is 3.40. The van der Waals surface area contributed by atoms with Gasteiger partial charge in [0.1, 0.15) is 46.7 Å². The Morgan fingerprint density at radius 1 is 0.618 bits per heavy atom. The third-order valence-electron chi connectivity index (χ3n) is 16.2. The Morgan fingerprint density at radius 2 is 1.01 bits per heavy atom. The summed E-state index contributed by atoms with van der Waals surface area (Å²) in [6.07, 6.45) is 15.0. The lowest BCUT2D eigenvalue weighted by atomic mass is 9.91. The van der Waals surface area contributed by atoms with Gasteiger partial charge in [0.25, 0.3) is 0 Å². The Morgan fingerprint density at radius 3 is 1.38 bits per heavy atom. The van der Waals surface area contributed by atoms with Crippen molar-refractivity contribution >= 4 is 54.8 Å². The zero-order chi connectivity index (χ0) is 47.6. The van der Waals surface area contributed by atoms with Gasteiger partial charge in [-0.25, -0.2) is 19.9 Å². The van der Waals surface area contributed by atoms with Crippen molar-refractivity contribution in [3.05, 3.63) is 33.5 Å². The Bertz CT molecular complexity index is 2180. The van der Waals surface area contributed by atoms with Crippen molar-refractivity contribution in [2.45, 2.75) is 185 Å². The number of carbonyl (C=O) groups is 2. The van der Waals surface area contributed by atoms with Crippen molar-refractivity contribution in [2.75, 3.05) is 52.4 Å². The number of aromatic nitrogens is 4. The molecule has 0 bridgehead atoms. The van der Waals surface area contributed by atoms with E-state index in [1.165, 1.54) is 87.4 Å². The van der Waals surface area contributed by atoms with Crippen LogP contribution in [0.1, 0.15) is 144 Å². The maximum atomic E-state index is 11.7. The number of primary amides is 1. The second-order valence-corrected chi connectivity index (χ2v) is 23.2. The first-order chi connectivity index (χ1) is 32.8. The van der Waals surface area contributed by atoms with E-state index in [9.17, 15) is 19.8 Å². The fraction of sp³-hybridized carbons (Fsp3) is 0.725. The number of nitrogens with two attached hydrogens (primary N) is 1. The van der Waals surface area contributed by atoms with Gasteiger partial charge >= 0.3 is 0 Å². The van der Waals surface area contributed by atoms with Gasteiger partial charge < -0.3 is 25.4 Å². The van der Waals surface area contributed by atoms with Gasteiger partial charge in [-0.3, -0.25) is 29.2 Å². The third kappa shape index (κ3) is 11.0. The number of carbonyl (C=O) groups excluding carboxylic acids is 2. The fourth-order valence-corrected chi connectivity index (χ4v) is 14.6. The van der Waals surface area contributed by atoms with Crippen LogP contribution in [0.3, 0.4) is 0 Å². The van der Waals surface area contributed by atoms with Crippen LogP contribution >= 0.6 is 22.7 Å². The zero-order valence-corrected chi connectivity index (χ0v) is 42.6. The number of hydrogen-bond acceptors (Lipinski definition) is 16. The normalized spacial score (nSPS) is 27.2. The Balaban J connectivity index is 0.000000170. The molecule has 4 atom stereocenters. The number of rotatable bonds is 14. The molecule has 372 valence electrons. The Hall–Kier alpha value is -3.42. The molecule has 4 aromatic heterocycles. The second kappa shape index (κ2) is 21.9. The van der Waals surface area contributed by atoms with Gasteiger partial charge in [-0.05, 0) is 147 Å². The van der Waals surface area contributed by atoms with Crippen LogP contribution < -0.4 is 15.2 Å². The van der Waals surface area contributed by atoms with Crippen LogP contribution in [-0.4, -0.2) is 162 Å². The highest BCUT2D eigenvalue weighted by Crippen LogP contribution is 2.49. The van der Waals surface area contributed by atoms with Crippen LogP contribution in [0.15, 0.2) is 12.7 Å². The van der Waals surface area contributed by atoms with E-state index in [-0.39, 0.29) is 29.8 Å². The molecule has 6 aliphatic rings. The molecule has 4 N–H and O–H groups in total. The molecule has 0 unspecified atom stereocenters. The van der Waals surface area contributed by atoms with Crippen molar-refractivity contribution in [3.8, 4) is 11.8 Å². The van der Waals surface area contributed by atoms with Crippen LogP contribution in [0.25, 0.3) is 20.4 Å². The molecular formula is C51H75N9O6S2. The monoisotopic (exact) mass is 974 g/mol. The molecule has 10 rings (SSSR count). The number of aryl methyl sites for hydroxylation is 2. The summed E-state index contributed by atoms with van der Waals surface area (Å²) in [6, 6.07) is 2.60. The molecule has 4 aliphatic carbocycles. The SMILES string of the molecule is CC(=O)[C@H](O)C[C@H]1CCc2sc3ncnc(OC4CCC(N5CCN(C(C)C)CC5)CC4)c3c21.CC(C)N1CCN(C2CCC(Oc3ncnc4sc5c(c34)[C@@H](C[C@H](O)C(N)=O)CC5)CC2)CC1. The highest BCUT2D eigenvalue weighted by molar-refractivity contribution is 7.19. The van der Waals surface area contributed by atoms with Gasteiger partial charge in [0.05, 0.1) is 10.8 Å². The molecule has 1 amide bonds. The number of ketones is 1. The molecule has 2 aliphatic heterocycles. The largest absolute Gasteiger partial charge is 0.474 e. The minimum absolute atomic E-state index is 0.0832. The smallest absolute Gasteiger partial charge is 0.246 e. The average molecular weight is 974 g/mol. The molecule has 15 nitrogen and oxygen atoms in total. The summed E-state index contributed by atoms with van der Waals surface area (Å²) in [5.74, 6) is 0.778. The van der Waals surface area contributed by atoms with E-state index in [4.69, 9.17) is 15.2 Å². The molecule has 0 spiro atoms. The standard InChI is InChI=1S/C26H38N4O3S.C25H37N5O3S/c1-16(2)29-10-12-30(13-11-29)19-5-7-20(8-6-19)33-25-24-23-18(14-21(32)17(3)31)4-9-22(23)34-26(24)28-15-27-25;1-15(2)29-9-11-30(12-10-29)17-4-6-18(7-5-17)33-24-22-21-16(13-19(31)23(26)32)3-8-20(21)34-25(22)28-14-27-24/h15-16,18-21,32H,4-14H2,1-3H3;14-19,31H,3-13H2,1-2H3,(H2,26,32)/t18-,19?,20?,21-;16-,17?,18?,19+/m11/s1. The molecule has 68 heavy (non-hydrogen) atoms. The molecule has 17 heteroatoms. The number of fused-ring (bicyclic) bond motifs is 6. The highest BCUT2D eigenvalue weighted by Gasteiger charge is 2.37. The minimum atomic E-state index is -1.13. The lowest BCUT2D eigenvalue weighted by molar-refractivity contribution is -0.126. The van der Waals surface area contributed by atoms with Crippen molar-refractivity contribution in [1.82, 2.24) is 39.5 Å². The lowest BCUT2D eigenvalue weighted by Gasteiger charge is -2.43. The molecule has 6 heterocycles. The number of thiophene rings is 2.